The van der Waals surface area contributed by atoms with Crippen LogP contribution in [0.1, 0.15) is 34.9 Å². The summed E-state index contributed by atoms with van der Waals surface area (Å²) in [6, 6.07) is 11.8. The number of pyridine rings is 1. The van der Waals surface area contributed by atoms with Gasteiger partial charge in [-0.15, -0.1) is 12.4 Å². The number of rotatable bonds is 5. The fraction of sp³-hybridized carbons (Fsp3) is 0.350. The lowest BCUT2D eigenvalue weighted by Crippen LogP contribution is -2.32. The highest BCUT2D eigenvalue weighted by atomic mass is 35.5. The van der Waals surface area contributed by atoms with Crippen LogP contribution in [0, 0.1) is 0 Å². The molecule has 1 saturated heterocycles. The van der Waals surface area contributed by atoms with E-state index >= 15 is 0 Å². The zero-order valence-corrected chi connectivity index (χ0v) is 16.5. The van der Waals surface area contributed by atoms with Gasteiger partial charge in [-0.05, 0) is 37.1 Å². The third kappa shape index (κ3) is 4.26. The van der Waals surface area contributed by atoms with Gasteiger partial charge in [-0.2, -0.15) is 5.10 Å². The minimum atomic E-state index is -0.183. The monoisotopic (exact) mass is 401 g/mol. The predicted molar refractivity (Wildman–Crippen MR) is 110 cm³/mol. The first-order valence-electron chi connectivity index (χ1n) is 9.21. The lowest BCUT2D eigenvalue weighted by atomic mass is 10.1. The Labute approximate surface area is 169 Å². The number of nitrogens with one attached hydrogen (secondary N) is 2. The molecule has 7 nitrogen and oxygen atoms in total. The van der Waals surface area contributed by atoms with Crippen molar-refractivity contribution < 1.29 is 9.53 Å². The SMILES string of the molecule is COc1cc(CNC(=O)c2ccn(C3CCCNC3)n2)c2ccccc2n1.Cl. The number of fused-ring (bicyclic) bond motifs is 1. The van der Waals surface area contributed by atoms with Gasteiger partial charge in [-0.3, -0.25) is 9.48 Å². The lowest BCUT2D eigenvalue weighted by Gasteiger charge is -2.22. The molecule has 1 aliphatic rings. The molecular formula is C20H24ClN5O2. The molecule has 0 aliphatic carbocycles. The summed E-state index contributed by atoms with van der Waals surface area (Å²) >= 11 is 0. The topological polar surface area (TPSA) is 81.1 Å². The summed E-state index contributed by atoms with van der Waals surface area (Å²) < 4.78 is 7.17. The molecule has 1 fully saturated rings. The number of hydrogen-bond donors (Lipinski definition) is 2. The van der Waals surface area contributed by atoms with Gasteiger partial charge in [-0.25, -0.2) is 4.98 Å². The van der Waals surface area contributed by atoms with Crippen molar-refractivity contribution in [3.05, 3.63) is 53.9 Å². The van der Waals surface area contributed by atoms with E-state index in [1.165, 1.54) is 0 Å². The molecule has 0 radical (unpaired) electrons. The maximum absolute atomic E-state index is 12.6. The van der Waals surface area contributed by atoms with Gasteiger partial charge in [0.1, 0.15) is 5.69 Å². The molecular weight excluding hydrogens is 378 g/mol. The Morgan fingerprint density at radius 2 is 2.21 bits per heavy atom. The molecule has 0 saturated carbocycles. The van der Waals surface area contributed by atoms with Crippen LogP contribution in [0.4, 0.5) is 0 Å². The van der Waals surface area contributed by atoms with Gasteiger partial charge in [0.25, 0.3) is 5.91 Å². The first-order valence-corrected chi connectivity index (χ1v) is 9.21. The van der Waals surface area contributed by atoms with Gasteiger partial charge >= 0.3 is 0 Å². The summed E-state index contributed by atoms with van der Waals surface area (Å²) in [7, 11) is 1.59. The van der Waals surface area contributed by atoms with Crippen molar-refractivity contribution in [3.8, 4) is 5.88 Å². The molecule has 0 bridgehead atoms. The number of carbonyl (C=O) groups is 1. The van der Waals surface area contributed by atoms with Gasteiger partial charge < -0.3 is 15.4 Å². The summed E-state index contributed by atoms with van der Waals surface area (Å²) in [4.78, 5) is 17.0. The van der Waals surface area contributed by atoms with E-state index in [1.807, 2.05) is 41.2 Å². The average Bonchev–Trinajstić information content (AvgIpc) is 3.22. The fourth-order valence-corrected chi connectivity index (χ4v) is 3.46. The van der Waals surface area contributed by atoms with Crippen molar-refractivity contribution in [2.45, 2.75) is 25.4 Å². The number of nitrogens with zero attached hydrogens (tertiary/aromatic N) is 3. The summed E-state index contributed by atoms with van der Waals surface area (Å²) in [6.45, 7) is 2.33. The van der Waals surface area contributed by atoms with Gasteiger partial charge in [0.05, 0.1) is 18.7 Å². The van der Waals surface area contributed by atoms with Crippen LogP contribution in [0.3, 0.4) is 0 Å². The zero-order chi connectivity index (χ0) is 18.6. The van der Waals surface area contributed by atoms with Gasteiger partial charge in [0, 0.05) is 30.7 Å². The van der Waals surface area contributed by atoms with E-state index in [4.69, 9.17) is 4.74 Å². The minimum absolute atomic E-state index is 0. The highest BCUT2D eigenvalue weighted by molar-refractivity contribution is 5.92. The van der Waals surface area contributed by atoms with Crippen LogP contribution in [0.2, 0.25) is 0 Å². The second-order valence-electron chi connectivity index (χ2n) is 6.70. The Balaban J connectivity index is 0.00000225. The van der Waals surface area contributed by atoms with Crippen LogP contribution in [0.5, 0.6) is 5.88 Å². The number of ether oxygens (including phenoxy) is 1. The van der Waals surface area contributed by atoms with E-state index < -0.39 is 0 Å². The summed E-state index contributed by atoms with van der Waals surface area (Å²) in [5.41, 5.74) is 2.24. The molecule has 1 atom stereocenters. The number of amides is 1. The van der Waals surface area contributed by atoms with E-state index in [0.717, 1.165) is 42.4 Å². The maximum Gasteiger partial charge on any atom is 0.272 e. The van der Waals surface area contributed by atoms with Crippen molar-refractivity contribution in [3.63, 3.8) is 0 Å². The molecule has 1 aromatic carbocycles. The first-order chi connectivity index (χ1) is 13.2. The summed E-state index contributed by atoms with van der Waals surface area (Å²) in [5, 5.41) is 11.8. The number of carbonyl (C=O) groups excluding carboxylic acids is 1. The van der Waals surface area contributed by atoms with Crippen LogP contribution >= 0.6 is 12.4 Å². The smallest absolute Gasteiger partial charge is 0.272 e. The Hall–Kier alpha value is -2.64. The van der Waals surface area contributed by atoms with Crippen LogP contribution in [0.25, 0.3) is 10.9 Å². The molecule has 1 aliphatic heterocycles. The van der Waals surface area contributed by atoms with Crippen molar-refractivity contribution in [1.29, 1.82) is 0 Å². The van der Waals surface area contributed by atoms with E-state index in [9.17, 15) is 4.79 Å². The predicted octanol–water partition coefficient (Wildman–Crippen LogP) is 2.72. The molecule has 8 heteroatoms. The number of para-hydroxylation sites is 1. The summed E-state index contributed by atoms with van der Waals surface area (Å²) in [6.07, 6.45) is 4.10. The summed E-state index contributed by atoms with van der Waals surface area (Å²) in [5.74, 6) is 0.351. The minimum Gasteiger partial charge on any atom is -0.481 e. The second-order valence-corrected chi connectivity index (χ2v) is 6.70. The van der Waals surface area contributed by atoms with E-state index in [1.54, 1.807) is 13.2 Å². The largest absolute Gasteiger partial charge is 0.481 e. The molecule has 1 amide bonds. The third-order valence-electron chi connectivity index (χ3n) is 4.91. The first kappa shape index (κ1) is 20.1. The van der Waals surface area contributed by atoms with Crippen molar-refractivity contribution in [1.82, 2.24) is 25.4 Å². The standard InChI is InChI=1S/C20H23N5O2.ClH/c1-27-19-11-14(16-6-2-3-7-17(16)23-19)12-22-20(26)18-8-10-25(24-18)15-5-4-9-21-13-15;/h2-3,6-8,10-11,15,21H,4-5,9,12-13H2,1H3,(H,22,26);1H. The van der Waals surface area contributed by atoms with Gasteiger partial charge in [-0.1, -0.05) is 18.2 Å². The molecule has 28 heavy (non-hydrogen) atoms. The number of methoxy groups -OCH3 is 1. The molecule has 3 heterocycles. The molecule has 0 spiro atoms. The molecule has 4 rings (SSSR count). The number of benzene rings is 1. The normalized spacial score (nSPS) is 16.4. The Bertz CT molecular complexity index is 953. The Morgan fingerprint density at radius 3 is 3.00 bits per heavy atom. The Morgan fingerprint density at radius 1 is 1.36 bits per heavy atom. The highest BCUT2D eigenvalue weighted by Gasteiger charge is 2.18. The van der Waals surface area contributed by atoms with Crippen LogP contribution < -0.4 is 15.4 Å². The van der Waals surface area contributed by atoms with E-state index in [0.29, 0.717) is 24.2 Å². The van der Waals surface area contributed by atoms with Crippen LogP contribution in [0.15, 0.2) is 42.6 Å². The number of piperidine rings is 1. The van der Waals surface area contributed by atoms with E-state index in [2.05, 4.69) is 20.7 Å². The fourth-order valence-electron chi connectivity index (χ4n) is 3.46. The van der Waals surface area contributed by atoms with Gasteiger partial charge in [0.2, 0.25) is 5.88 Å². The lowest BCUT2D eigenvalue weighted by molar-refractivity contribution is 0.0944. The molecule has 3 aromatic rings. The highest BCUT2D eigenvalue weighted by Crippen LogP contribution is 2.22. The van der Waals surface area contributed by atoms with Crippen molar-refractivity contribution >= 4 is 29.2 Å². The van der Waals surface area contributed by atoms with Crippen LogP contribution in [-0.2, 0) is 6.54 Å². The molecule has 2 N–H and O–H groups in total. The molecule has 148 valence electrons. The van der Waals surface area contributed by atoms with Crippen molar-refractivity contribution in [2.75, 3.05) is 20.2 Å². The van der Waals surface area contributed by atoms with Gasteiger partial charge in [0.15, 0.2) is 0 Å². The molecule has 1 unspecified atom stereocenters. The average molecular weight is 402 g/mol. The van der Waals surface area contributed by atoms with Crippen LogP contribution in [-0.4, -0.2) is 40.9 Å². The Kier molecular flexibility index (Phi) is 6.49. The van der Waals surface area contributed by atoms with Crippen molar-refractivity contribution in [2.24, 2.45) is 0 Å². The maximum atomic E-state index is 12.6. The third-order valence-corrected chi connectivity index (χ3v) is 4.91. The number of halogens is 1. The second kappa shape index (κ2) is 9.03. The quantitative estimate of drug-likeness (QED) is 0.687. The van der Waals surface area contributed by atoms with E-state index in [-0.39, 0.29) is 18.3 Å². The number of aromatic nitrogens is 3. The molecule has 2 aromatic heterocycles. The zero-order valence-electron chi connectivity index (χ0n) is 15.7. The number of hydrogen-bond acceptors (Lipinski definition) is 5.